The molecule has 1 amide bonds. The molecule has 0 aliphatic carbocycles. The average molecular weight is 370 g/mol. The summed E-state index contributed by atoms with van der Waals surface area (Å²) in [5, 5.41) is 0. The van der Waals surface area contributed by atoms with Gasteiger partial charge in [0.25, 0.3) is 0 Å². The third kappa shape index (κ3) is 5.46. The van der Waals surface area contributed by atoms with Crippen LogP contribution in [0.5, 0.6) is 5.75 Å². The standard InChI is InChI=1S/C22H27FN2O2/c1-17(2)27-21-6-3-5-18(15-21)16-22(26)25-12-4-11-24(13-14-25)20-9-7-19(23)8-10-20/h3,5-10,15,17H,4,11-14,16H2,1-2H3. The molecule has 1 aliphatic heterocycles. The van der Waals surface area contributed by atoms with E-state index in [9.17, 15) is 9.18 Å². The van der Waals surface area contributed by atoms with Crippen LogP contribution >= 0.6 is 0 Å². The molecule has 0 unspecified atom stereocenters. The van der Waals surface area contributed by atoms with Crippen molar-refractivity contribution in [1.29, 1.82) is 0 Å². The highest BCUT2D eigenvalue weighted by Gasteiger charge is 2.19. The van der Waals surface area contributed by atoms with E-state index >= 15 is 0 Å². The summed E-state index contributed by atoms with van der Waals surface area (Å²) < 4.78 is 18.8. The predicted octanol–water partition coefficient (Wildman–Crippen LogP) is 3.89. The summed E-state index contributed by atoms with van der Waals surface area (Å²) in [5.74, 6) is 0.709. The molecule has 2 aromatic rings. The van der Waals surface area contributed by atoms with Crippen molar-refractivity contribution in [3.8, 4) is 5.75 Å². The van der Waals surface area contributed by atoms with Gasteiger partial charge in [-0.05, 0) is 62.2 Å². The van der Waals surface area contributed by atoms with Gasteiger partial charge in [-0.1, -0.05) is 12.1 Å². The Morgan fingerprint density at radius 3 is 2.59 bits per heavy atom. The topological polar surface area (TPSA) is 32.8 Å². The van der Waals surface area contributed by atoms with Crippen molar-refractivity contribution in [1.82, 2.24) is 4.90 Å². The maximum Gasteiger partial charge on any atom is 0.227 e. The van der Waals surface area contributed by atoms with E-state index in [1.807, 2.05) is 43.0 Å². The van der Waals surface area contributed by atoms with Gasteiger partial charge in [0.15, 0.2) is 0 Å². The van der Waals surface area contributed by atoms with Gasteiger partial charge in [-0.25, -0.2) is 4.39 Å². The largest absolute Gasteiger partial charge is 0.491 e. The molecule has 0 N–H and O–H groups in total. The lowest BCUT2D eigenvalue weighted by atomic mass is 10.1. The molecule has 0 atom stereocenters. The van der Waals surface area contributed by atoms with E-state index in [1.165, 1.54) is 12.1 Å². The quantitative estimate of drug-likeness (QED) is 0.800. The fourth-order valence-electron chi connectivity index (χ4n) is 3.36. The van der Waals surface area contributed by atoms with E-state index in [0.717, 1.165) is 43.1 Å². The molecule has 5 heteroatoms. The summed E-state index contributed by atoms with van der Waals surface area (Å²) in [6.07, 6.45) is 1.39. The van der Waals surface area contributed by atoms with Crippen LogP contribution in [0.3, 0.4) is 0 Å². The fourth-order valence-corrected chi connectivity index (χ4v) is 3.36. The number of hydrogen-bond donors (Lipinski definition) is 0. The Morgan fingerprint density at radius 1 is 1.07 bits per heavy atom. The number of amides is 1. The molecule has 0 saturated carbocycles. The van der Waals surface area contributed by atoms with Gasteiger partial charge in [0.2, 0.25) is 5.91 Å². The van der Waals surface area contributed by atoms with Gasteiger partial charge < -0.3 is 14.5 Å². The SMILES string of the molecule is CC(C)Oc1cccc(CC(=O)N2CCCN(c3ccc(F)cc3)CC2)c1. The van der Waals surface area contributed by atoms with Crippen molar-refractivity contribution in [2.24, 2.45) is 0 Å². The van der Waals surface area contributed by atoms with Crippen molar-refractivity contribution in [3.63, 3.8) is 0 Å². The maximum absolute atomic E-state index is 13.1. The number of rotatable bonds is 5. The van der Waals surface area contributed by atoms with Gasteiger partial charge >= 0.3 is 0 Å². The summed E-state index contributed by atoms with van der Waals surface area (Å²) in [7, 11) is 0. The zero-order valence-electron chi connectivity index (χ0n) is 16.0. The van der Waals surface area contributed by atoms with Crippen LogP contribution in [0.15, 0.2) is 48.5 Å². The minimum absolute atomic E-state index is 0.110. The Morgan fingerprint density at radius 2 is 1.85 bits per heavy atom. The Kier molecular flexibility index (Phi) is 6.32. The van der Waals surface area contributed by atoms with Crippen LogP contribution in [-0.4, -0.2) is 43.1 Å². The van der Waals surface area contributed by atoms with Crippen molar-refractivity contribution in [3.05, 3.63) is 59.9 Å². The molecule has 0 spiro atoms. The number of anilines is 1. The smallest absolute Gasteiger partial charge is 0.227 e. The van der Waals surface area contributed by atoms with Gasteiger partial charge in [0.05, 0.1) is 12.5 Å². The van der Waals surface area contributed by atoms with E-state index in [0.29, 0.717) is 13.0 Å². The van der Waals surface area contributed by atoms with Gasteiger partial charge in [0.1, 0.15) is 11.6 Å². The third-order valence-electron chi connectivity index (χ3n) is 4.67. The molecule has 2 aromatic carbocycles. The van der Waals surface area contributed by atoms with Crippen LogP contribution in [0.2, 0.25) is 0 Å². The zero-order valence-corrected chi connectivity index (χ0v) is 16.0. The van der Waals surface area contributed by atoms with Crippen LogP contribution in [0.4, 0.5) is 10.1 Å². The molecule has 1 fully saturated rings. The Bertz CT molecular complexity index is 761. The number of ether oxygens (including phenoxy) is 1. The average Bonchev–Trinajstić information content (AvgIpc) is 2.88. The van der Waals surface area contributed by atoms with Crippen molar-refractivity contribution >= 4 is 11.6 Å². The Labute approximate surface area is 160 Å². The molecular weight excluding hydrogens is 343 g/mol. The lowest BCUT2D eigenvalue weighted by Crippen LogP contribution is -2.36. The van der Waals surface area contributed by atoms with Crippen molar-refractivity contribution < 1.29 is 13.9 Å². The second-order valence-corrected chi connectivity index (χ2v) is 7.19. The highest BCUT2D eigenvalue weighted by molar-refractivity contribution is 5.79. The van der Waals surface area contributed by atoms with Crippen LogP contribution in [0, 0.1) is 5.82 Å². The van der Waals surface area contributed by atoms with Gasteiger partial charge in [-0.3, -0.25) is 4.79 Å². The van der Waals surface area contributed by atoms with Crippen molar-refractivity contribution in [2.45, 2.75) is 32.8 Å². The van der Waals surface area contributed by atoms with Crippen LogP contribution in [0.1, 0.15) is 25.8 Å². The minimum Gasteiger partial charge on any atom is -0.491 e. The van der Waals surface area contributed by atoms with E-state index in [4.69, 9.17) is 4.74 Å². The van der Waals surface area contributed by atoms with E-state index in [-0.39, 0.29) is 17.8 Å². The number of nitrogens with zero attached hydrogens (tertiary/aromatic N) is 2. The summed E-state index contributed by atoms with van der Waals surface area (Å²) in [5.41, 5.74) is 1.97. The van der Waals surface area contributed by atoms with Crippen molar-refractivity contribution in [2.75, 3.05) is 31.1 Å². The first kappa shape index (κ1) is 19.2. The van der Waals surface area contributed by atoms with Crippen LogP contribution in [0.25, 0.3) is 0 Å². The Balaban J connectivity index is 1.58. The first-order valence-corrected chi connectivity index (χ1v) is 9.55. The van der Waals surface area contributed by atoms with E-state index in [1.54, 1.807) is 12.1 Å². The predicted molar refractivity (Wildman–Crippen MR) is 106 cm³/mol. The number of carbonyl (C=O) groups is 1. The maximum atomic E-state index is 13.1. The van der Waals surface area contributed by atoms with Gasteiger partial charge in [-0.15, -0.1) is 0 Å². The molecule has 0 radical (unpaired) electrons. The van der Waals surface area contributed by atoms with Gasteiger partial charge in [0, 0.05) is 31.9 Å². The first-order valence-electron chi connectivity index (χ1n) is 9.55. The second-order valence-electron chi connectivity index (χ2n) is 7.19. The molecule has 3 rings (SSSR count). The number of halogens is 1. The molecular formula is C22H27FN2O2. The molecule has 0 bridgehead atoms. The highest BCUT2D eigenvalue weighted by Crippen LogP contribution is 2.19. The summed E-state index contributed by atoms with van der Waals surface area (Å²) >= 11 is 0. The van der Waals surface area contributed by atoms with Crippen LogP contribution in [-0.2, 0) is 11.2 Å². The summed E-state index contributed by atoms with van der Waals surface area (Å²) in [4.78, 5) is 16.9. The monoisotopic (exact) mass is 370 g/mol. The molecule has 27 heavy (non-hydrogen) atoms. The lowest BCUT2D eigenvalue weighted by molar-refractivity contribution is -0.130. The molecule has 144 valence electrons. The van der Waals surface area contributed by atoms with Crippen LogP contribution < -0.4 is 9.64 Å². The number of hydrogen-bond acceptors (Lipinski definition) is 3. The molecule has 1 aliphatic rings. The van der Waals surface area contributed by atoms with E-state index in [2.05, 4.69) is 4.90 Å². The molecule has 1 heterocycles. The molecule has 0 aromatic heterocycles. The number of benzene rings is 2. The summed E-state index contributed by atoms with van der Waals surface area (Å²) in [6.45, 7) is 7.03. The normalized spacial score (nSPS) is 15.0. The highest BCUT2D eigenvalue weighted by atomic mass is 19.1. The summed E-state index contributed by atoms with van der Waals surface area (Å²) in [6, 6.07) is 14.3. The fraction of sp³-hybridized carbons (Fsp3) is 0.409. The third-order valence-corrected chi connectivity index (χ3v) is 4.67. The molecule has 4 nitrogen and oxygen atoms in total. The zero-order chi connectivity index (χ0) is 19.2. The minimum atomic E-state index is -0.228. The van der Waals surface area contributed by atoms with E-state index < -0.39 is 0 Å². The van der Waals surface area contributed by atoms with Gasteiger partial charge in [-0.2, -0.15) is 0 Å². The number of carbonyl (C=O) groups excluding carboxylic acids is 1. The lowest BCUT2D eigenvalue weighted by Gasteiger charge is -2.24. The second kappa shape index (κ2) is 8.89. The molecule has 1 saturated heterocycles. The Hall–Kier alpha value is -2.56. The first-order chi connectivity index (χ1) is 13.0.